The van der Waals surface area contributed by atoms with E-state index >= 15 is 0 Å². The molecule has 1 rings (SSSR count). The van der Waals surface area contributed by atoms with Crippen molar-refractivity contribution in [3.05, 3.63) is 10.1 Å². The molecule has 2 atom stereocenters. The molecule has 1 aliphatic carbocycles. The van der Waals surface area contributed by atoms with E-state index in [4.69, 9.17) is 0 Å². The summed E-state index contributed by atoms with van der Waals surface area (Å²) in [7, 11) is 0. The van der Waals surface area contributed by atoms with Gasteiger partial charge in [0.05, 0.1) is 0 Å². The minimum absolute atomic E-state index is 0.128. The molecule has 3 nitrogen and oxygen atoms in total. The van der Waals surface area contributed by atoms with Gasteiger partial charge in [-0.25, -0.2) is 0 Å². The van der Waals surface area contributed by atoms with Crippen molar-refractivity contribution < 1.29 is 4.92 Å². The second-order valence-corrected chi connectivity index (χ2v) is 3.34. The predicted molar refractivity (Wildman–Crippen MR) is 43.0 cm³/mol. The molecule has 0 aromatic heterocycles. The van der Waals surface area contributed by atoms with E-state index in [1.54, 1.807) is 0 Å². The first kappa shape index (κ1) is 8.50. The van der Waals surface area contributed by atoms with Crippen molar-refractivity contribution in [2.75, 3.05) is 0 Å². The van der Waals surface area contributed by atoms with Gasteiger partial charge in [0.25, 0.3) is 0 Å². The fourth-order valence-corrected chi connectivity index (χ4v) is 1.46. The summed E-state index contributed by atoms with van der Waals surface area (Å²) in [5.74, 6) is 0.413. The SMILES string of the molecule is CCCCC[C@@H]1C[C@H]1[N+](=O)[O-]. The quantitative estimate of drug-likeness (QED) is 0.349. The maximum atomic E-state index is 10.2. The highest BCUT2D eigenvalue weighted by molar-refractivity contribution is 4.85. The number of nitrogens with zero attached hydrogens (tertiary/aromatic N) is 1. The van der Waals surface area contributed by atoms with Crippen molar-refractivity contribution >= 4 is 0 Å². The first-order chi connectivity index (χ1) is 5.25. The molecule has 0 spiro atoms. The maximum absolute atomic E-state index is 10.2. The number of unbranched alkanes of at least 4 members (excludes halogenated alkanes) is 2. The molecule has 0 saturated heterocycles. The molecule has 0 unspecified atom stereocenters. The molecule has 1 aliphatic rings. The summed E-state index contributed by atoms with van der Waals surface area (Å²) in [5, 5.41) is 10.2. The molecule has 64 valence electrons. The van der Waals surface area contributed by atoms with Crippen LogP contribution in [0.3, 0.4) is 0 Å². The van der Waals surface area contributed by atoms with Gasteiger partial charge in [-0.3, -0.25) is 10.1 Å². The highest BCUT2D eigenvalue weighted by Crippen LogP contribution is 2.37. The third-order valence-corrected chi connectivity index (χ3v) is 2.33. The van der Waals surface area contributed by atoms with E-state index in [1.165, 1.54) is 19.3 Å². The largest absolute Gasteiger partial charge is 0.264 e. The Morgan fingerprint density at radius 1 is 1.55 bits per heavy atom. The van der Waals surface area contributed by atoms with Crippen LogP contribution in [0, 0.1) is 16.0 Å². The highest BCUT2D eigenvalue weighted by atomic mass is 16.6. The van der Waals surface area contributed by atoms with Crippen LogP contribution in [-0.2, 0) is 0 Å². The van der Waals surface area contributed by atoms with Gasteiger partial charge in [0.2, 0.25) is 6.04 Å². The third-order valence-electron chi connectivity index (χ3n) is 2.33. The van der Waals surface area contributed by atoms with Crippen LogP contribution in [0.25, 0.3) is 0 Å². The molecule has 1 fully saturated rings. The fraction of sp³-hybridized carbons (Fsp3) is 1.00. The van der Waals surface area contributed by atoms with Crippen molar-refractivity contribution in [3.63, 3.8) is 0 Å². The van der Waals surface area contributed by atoms with Gasteiger partial charge in [-0.2, -0.15) is 0 Å². The minimum Gasteiger partial charge on any atom is -0.264 e. The second-order valence-electron chi connectivity index (χ2n) is 3.34. The Kier molecular flexibility index (Phi) is 2.85. The predicted octanol–water partition coefficient (Wildman–Crippen LogP) is 2.23. The van der Waals surface area contributed by atoms with E-state index < -0.39 is 0 Å². The summed E-state index contributed by atoms with van der Waals surface area (Å²) in [6.45, 7) is 2.15. The van der Waals surface area contributed by atoms with Gasteiger partial charge in [0.1, 0.15) is 0 Å². The van der Waals surface area contributed by atoms with Gasteiger partial charge in [-0.15, -0.1) is 0 Å². The lowest BCUT2D eigenvalue weighted by Gasteiger charge is -1.93. The zero-order chi connectivity index (χ0) is 8.27. The molecule has 0 amide bonds. The Morgan fingerprint density at radius 3 is 2.73 bits per heavy atom. The first-order valence-electron chi connectivity index (χ1n) is 4.39. The van der Waals surface area contributed by atoms with Crippen LogP contribution in [0.1, 0.15) is 39.0 Å². The van der Waals surface area contributed by atoms with Crippen molar-refractivity contribution in [2.45, 2.75) is 45.1 Å². The van der Waals surface area contributed by atoms with E-state index in [-0.39, 0.29) is 11.0 Å². The van der Waals surface area contributed by atoms with Gasteiger partial charge in [0, 0.05) is 17.3 Å². The average Bonchev–Trinajstić information content (AvgIpc) is 2.68. The highest BCUT2D eigenvalue weighted by Gasteiger charge is 2.47. The van der Waals surface area contributed by atoms with E-state index in [0.29, 0.717) is 5.92 Å². The normalized spacial score (nSPS) is 28.5. The second kappa shape index (κ2) is 3.69. The fourth-order valence-electron chi connectivity index (χ4n) is 1.46. The molecule has 0 N–H and O–H groups in total. The zero-order valence-corrected chi connectivity index (χ0v) is 6.95. The summed E-state index contributed by atoms with van der Waals surface area (Å²) in [6, 6.07) is -0.188. The molecule has 0 aliphatic heterocycles. The van der Waals surface area contributed by atoms with Gasteiger partial charge in [-0.1, -0.05) is 26.2 Å². The smallest absolute Gasteiger partial charge is 0.216 e. The first-order valence-corrected chi connectivity index (χ1v) is 4.39. The summed E-state index contributed by atoms with van der Waals surface area (Å²) >= 11 is 0. The molecule has 11 heavy (non-hydrogen) atoms. The molecule has 1 saturated carbocycles. The third kappa shape index (κ3) is 2.48. The van der Waals surface area contributed by atoms with Crippen LogP contribution < -0.4 is 0 Å². The Bertz CT molecular complexity index is 147. The lowest BCUT2D eigenvalue weighted by Crippen LogP contribution is -2.03. The van der Waals surface area contributed by atoms with Gasteiger partial charge in [0.15, 0.2) is 0 Å². The number of rotatable bonds is 5. The molecule has 0 aromatic rings. The summed E-state index contributed by atoms with van der Waals surface area (Å²) in [4.78, 5) is 10.1. The molecule has 0 aromatic carbocycles. The maximum Gasteiger partial charge on any atom is 0.216 e. The topological polar surface area (TPSA) is 43.1 Å². The molecular weight excluding hydrogens is 142 g/mol. The van der Waals surface area contributed by atoms with Crippen LogP contribution >= 0.6 is 0 Å². The van der Waals surface area contributed by atoms with Crippen LogP contribution in [0.4, 0.5) is 0 Å². The molecule has 0 radical (unpaired) electrons. The number of hydrogen-bond donors (Lipinski definition) is 0. The summed E-state index contributed by atoms with van der Waals surface area (Å²) in [6.07, 6.45) is 5.50. The van der Waals surface area contributed by atoms with Crippen molar-refractivity contribution in [3.8, 4) is 0 Å². The molecule has 0 heterocycles. The van der Waals surface area contributed by atoms with E-state index in [9.17, 15) is 10.1 Å². The Hall–Kier alpha value is -0.600. The average molecular weight is 157 g/mol. The van der Waals surface area contributed by atoms with E-state index in [1.807, 2.05) is 0 Å². The molecule has 3 heteroatoms. The summed E-state index contributed by atoms with van der Waals surface area (Å²) < 4.78 is 0. The minimum atomic E-state index is -0.188. The van der Waals surface area contributed by atoms with Crippen molar-refractivity contribution in [1.29, 1.82) is 0 Å². The summed E-state index contributed by atoms with van der Waals surface area (Å²) in [5.41, 5.74) is 0. The van der Waals surface area contributed by atoms with E-state index in [2.05, 4.69) is 6.92 Å². The van der Waals surface area contributed by atoms with Crippen molar-refractivity contribution in [2.24, 2.45) is 5.92 Å². The van der Waals surface area contributed by atoms with Gasteiger partial charge >= 0.3 is 0 Å². The lowest BCUT2D eigenvalue weighted by atomic mass is 10.1. The molecular formula is C8H15NO2. The van der Waals surface area contributed by atoms with Crippen LogP contribution in [-0.4, -0.2) is 11.0 Å². The standard InChI is InChI=1S/C8H15NO2/c1-2-3-4-5-7-6-8(7)9(10)11/h7-8H,2-6H2,1H3/t7-,8-/m1/s1. The Morgan fingerprint density at radius 2 is 2.27 bits per heavy atom. The molecule has 0 bridgehead atoms. The number of nitro groups is 1. The number of hydrogen-bond acceptors (Lipinski definition) is 2. The zero-order valence-electron chi connectivity index (χ0n) is 6.95. The van der Waals surface area contributed by atoms with Crippen LogP contribution in [0.15, 0.2) is 0 Å². The lowest BCUT2D eigenvalue weighted by molar-refractivity contribution is -0.498. The van der Waals surface area contributed by atoms with Gasteiger partial charge in [-0.05, 0) is 6.42 Å². The Labute approximate surface area is 66.9 Å². The van der Waals surface area contributed by atoms with Crippen LogP contribution in [0.2, 0.25) is 0 Å². The van der Waals surface area contributed by atoms with E-state index in [0.717, 1.165) is 12.8 Å². The van der Waals surface area contributed by atoms with Gasteiger partial charge < -0.3 is 0 Å². The monoisotopic (exact) mass is 157 g/mol. The van der Waals surface area contributed by atoms with Crippen LogP contribution in [0.5, 0.6) is 0 Å². The van der Waals surface area contributed by atoms with Crippen molar-refractivity contribution in [1.82, 2.24) is 0 Å². The Balaban J connectivity index is 2.00.